The van der Waals surface area contributed by atoms with Crippen molar-refractivity contribution in [2.24, 2.45) is 0 Å². The lowest BCUT2D eigenvalue weighted by Crippen LogP contribution is -2.18. The average molecular weight is 399 g/mol. The number of nitrogens with zero attached hydrogens (tertiary/aromatic N) is 3. The molecule has 0 bridgehead atoms. The zero-order valence-electron chi connectivity index (χ0n) is 16.5. The van der Waals surface area contributed by atoms with Crippen molar-refractivity contribution in [2.45, 2.75) is 13.0 Å². The predicted octanol–water partition coefficient (Wildman–Crippen LogP) is 4.71. The zero-order chi connectivity index (χ0) is 20.3. The van der Waals surface area contributed by atoms with E-state index in [1.54, 1.807) is 12.5 Å². The third-order valence-corrected chi connectivity index (χ3v) is 4.95. The van der Waals surface area contributed by atoms with E-state index in [0.717, 1.165) is 46.0 Å². The van der Waals surface area contributed by atoms with Gasteiger partial charge in [-0.2, -0.15) is 0 Å². The van der Waals surface area contributed by atoms with Crippen LogP contribution in [0.5, 0.6) is 11.5 Å². The minimum absolute atomic E-state index is 0.132. The Morgan fingerprint density at radius 3 is 2.77 bits per heavy atom. The lowest BCUT2D eigenvalue weighted by Gasteiger charge is -2.21. The van der Waals surface area contributed by atoms with Gasteiger partial charge in [-0.25, -0.2) is 9.97 Å². The Morgan fingerprint density at radius 1 is 1.03 bits per heavy atom. The molecule has 2 N–H and O–H groups in total. The Kier molecular flexibility index (Phi) is 4.77. The van der Waals surface area contributed by atoms with Gasteiger partial charge >= 0.3 is 0 Å². The molecule has 0 saturated heterocycles. The van der Waals surface area contributed by atoms with Crippen molar-refractivity contribution >= 4 is 28.1 Å². The van der Waals surface area contributed by atoms with E-state index in [4.69, 9.17) is 9.47 Å². The summed E-state index contributed by atoms with van der Waals surface area (Å²) in [5.74, 6) is 2.26. The molecule has 0 spiro atoms. The Morgan fingerprint density at radius 2 is 1.93 bits per heavy atom. The molecule has 3 heterocycles. The van der Waals surface area contributed by atoms with Crippen molar-refractivity contribution in [1.82, 2.24) is 15.0 Å². The van der Waals surface area contributed by atoms with Gasteiger partial charge in [-0.05, 0) is 55.5 Å². The number of benzene rings is 2. The van der Waals surface area contributed by atoms with Crippen molar-refractivity contribution in [3.8, 4) is 11.5 Å². The Hall–Kier alpha value is -3.87. The second-order valence-corrected chi connectivity index (χ2v) is 7.00. The monoisotopic (exact) mass is 399 g/mol. The fraction of sp³-hybridized carbons (Fsp3) is 0.174. The van der Waals surface area contributed by atoms with Crippen molar-refractivity contribution in [3.05, 3.63) is 72.8 Å². The standard InChI is InChI=1S/C23H21N5O2/c1-15(18-4-2-3-11-24-18)30-17-7-5-16(6-8-17)28-23-21-19(26-14-27-23)9-10-20-22(21)29-13-12-25-20/h2-11,14-15,25H,12-13H2,1H3,(H,26,27,28). The molecule has 1 atom stereocenters. The van der Waals surface area contributed by atoms with Crippen molar-refractivity contribution < 1.29 is 9.47 Å². The van der Waals surface area contributed by atoms with Crippen molar-refractivity contribution in [3.63, 3.8) is 0 Å². The summed E-state index contributed by atoms with van der Waals surface area (Å²) < 4.78 is 11.9. The molecule has 0 fully saturated rings. The van der Waals surface area contributed by atoms with E-state index >= 15 is 0 Å². The SMILES string of the molecule is CC(Oc1ccc(Nc2ncnc3ccc4c(c23)OCCN4)cc1)c1ccccn1. The zero-order valence-corrected chi connectivity index (χ0v) is 16.5. The normalized spacial score (nSPS) is 13.6. The highest BCUT2D eigenvalue weighted by Gasteiger charge is 2.18. The van der Waals surface area contributed by atoms with Crippen molar-refractivity contribution in [2.75, 3.05) is 23.8 Å². The first-order chi connectivity index (χ1) is 14.8. The molecule has 7 nitrogen and oxygen atoms in total. The first-order valence-corrected chi connectivity index (χ1v) is 9.87. The number of ether oxygens (including phenoxy) is 2. The number of hydrogen-bond acceptors (Lipinski definition) is 7. The van der Waals surface area contributed by atoms with E-state index in [9.17, 15) is 0 Å². The highest BCUT2D eigenvalue weighted by atomic mass is 16.5. The Labute approximate surface area is 174 Å². The first kappa shape index (κ1) is 18.2. The second kappa shape index (κ2) is 7.87. The summed E-state index contributed by atoms with van der Waals surface area (Å²) in [4.78, 5) is 13.2. The summed E-state index contributed by atoms with van der Waals surface area (Å²) in [6.07, 6.45) is 3.19. The fourth-order valence-electron chi connectivity index (χ4n) is 3.48. The maximum atomic E-state index is 6.01. The highest BCUT2D eigenvalue weighted by molar-refractivity contribution is 5.99. The van der Waals surface area contributed by atoms with Crippen LogP contribution < -0.4 is 20.1 Å². The molecular formula is C23H21N5O2. The third-order valence-electron chi connectivity index (χ3n) is 4.95. The van der Waals surface area contributed by atoms with Crippen LogP contribution in [0.15, 0.2) is 67.1 Å². The first-order valence-electron chi connectivity index (χ1n) is 9.87. The highest BCUT2D eigenvalue weighted by Crippen LogP contribution is 2.39. The van der Waals surface area contributed by atoms with Crippen LogP contribution in [-0.2, 0) is 0 Å². The average Bonchev–Trinajstić information content (AvgIpc) is 2.81. The van der Waals surface area contributed by atoms with Gasteiger partial charge in [0, 0.05) is 18.4 Å². The van der Waals surface area contributed by atoms with Crippen LogP contribution in [-0.4, -0.2) is 28.1 Å². The largest absolute Gasteiger partial charge is 0.489 e. The van der Waals surface area contributed by atoms with Crippen molar-refractivity contribution in [1.29, 1.82) is 0 Å². The smallest absolute Gasteiger partial charge is 0.155 e. The van der Waals surface area contributed by atoms with Gasteiger partial charge in [0.25, 0.3) is 0 Å². The van der Waals surface area contributed by atoms with Gasteiger partial charge in [-0.15, -0.1) is 0 Å². The lowest BCUT2D eigenvalue weighted by molar-refractivity contribution is 0.222. The summed E-state index contributed by atoms with van der Waals surface area (Å²) in [6.45, 7) is 3.38. The van der Waals surface area contributed by atoms with E-state index in [1.165, 1.54) is 0 Å². The second-order valence-electron chi connectivity index (χ2n) is 7.00. The van der Waals surface area contributed by atoms with Gasteiger partial charge in [0.15, 0.2) is 5.75 Å². The van der Waals surface area contributed by atoms with Crippen LogP contribution in [0.1, 0.15) is 18.7 Å². The number of anilines is 3. The van der Waals surface area contributed by atoms with Gasteiger partial charge in [0.1, 0.15) is 30.6 Å². The topological polar surface area (TPSA) is 81.2 Å². The molecule has 1 unspecified atom stereocenters. The molecule has 4 aromatic rings. The molecule has 2 aromatic carbocycles. The number of hydrogen-bond donors (Lipinski definition) is 2. The number of pyridine rings is 1. The van der Waals surface area contributed by atoms with E-state index in [2.05, 4.69) is 25.6 Å². The fourth-order valence-corrected chi connectivity index (χ4v) is 3.48. The molecule has 150 valence electrons. The number of fused-ring (bicyclic) bond motifs is 3. The molecule has 2 aromatic heterocycles. The quantitative estimate of drug-likeness (QED) is 0.503. The predicted molar refractivity (Wildman–Crippen MR) is 117 cm³/mol. The Bertz CT molecular complexity index is 1170. The Balaban J connectivity index is 1.38. The molecular weight excluding hydrogens is 378 g/mol. The molecule has 1 aliphatic rings. The molecule has 0 aliphatic carbocycles. The third kappa shape index (κ3) is 3.57. The summed E-state index contributed by atoms with van der Waals surface area (Å²) in [5.41, 5.74) is 3.58. The molecule has 1 aliphatic heterocycles. The van der Waals surface area contributed by atoms with Crippen LogP contribution >= 0.6 is 0 Å². The van der Waals surface area contributed by atoms with Crippen LogP contribution in [0, 0.1) is 0 Å². The number of rotatable bonds is 5. The van der Waals surface area contributed by atoms with E-state index < -0.39 is 0 Å². The van der Waals surface area contributed by atoms with Crippen LogP contribution in [0.3, 0.4) is 0 Å². The van der Waals surface area contributed by atoms with Gasteiger partial charge in [-0.1, -0.05) is 6.07 Å². The van der Waals surface area contributed by atoms with Crippen LogP contribution in [0.25, 0.3) is 10.9 Å². The summed E-state index contributed by atoms with van der Waals surface area (Å²) in [6, 6.07) is 17.5. The molecule has 7 heteroatoms. The summed E-state index contributed by atoms with van der Waals surface area (Å²) in [7, 11) is 0. The van der Waals surface area contributed by atoms with Crippen LogP contribution in [0.2, 0.25) is 0 Å². The van der Waals surface area contributed by atoms with E-state index in [0.29, 0.717) is 12.4 Å². The molecule has 0 saturated carbocycles. The maximum absolute atomic E-state index is 6.01. The number of nitrogens with one attached hydrogen (secondary N) is 2. The van der Waals surface area contributed by atoms with E-state index in [-0.39, 0.29) is 6.10 Å². The lowest BCUT2D eigenvalue weighted by atomic mass is 10.1. The van der Waals surface area contributed by atoms with Crippen LogP contribution in [0.4, 0.5) is 17.2 Å². The molecule has 0 amide bonds. The van der Waals surface area contributed by atoms with Gasteiger partial charge in [0.2, 0.25) is 0 Å². The van der Waals surface area contributed by atoms with Gasteiger partial charge in [0.05, 0.1) is 22.3 Å². The van der Waals surface area contributed by atoms with E-state index in [1.807, 2.05) is 61.5 Å². The maximum Gasteiger partial charge on any atom is 0.155 e. The minimum atomic E-state index is -0.132. The van der Waals surface area contributed by atoms with Gasteiger partial charge in [-0.3, -0.25) is 4.98 Å². The summed E-state index contributed by atoms with van der Waals surface area (Å²) in [5, 5.41) is 7.60. The summed E-state index contributed by atoms with van der Waals surface area (Å²) >= 11 is 0. The minimum Gasteiger partial charge on any atom is -0.489 e. The molecule has 5 rings (SSSR count). The molecule has 0 radical (unpaired) electrons. The number of aromatic nitrogens is 3. The van der Waals surface area contributed by atoms with Gasteiger partial charge < -0.3 is 20.1 Å². The molecule has 30 heavy (non-hydrogen) atoms.